The highest BCUT2D eigenvalue weighted by molar-refractivity contribution is 7.85. The Morgan fingerprint density at radius 2 is 1.57 bits per heavy atom. The molecule has 35 heavy (non-hydrogen) atoms. The van der Waals surface area contributed by atoms with E-state index in [0.29, 0.717) is 24.3 Å². The maximum atomic E-state index is 12.4. The fraction of sp³-hybridized carbons (Fsp3) is 0.0833. The minimum Gasteiger partial charge on any atom is -0.487 e. The third kappa shape index (κ3) is 8.84. The van der Waals surface area contributed by atoms with Crippen LogP contribution in [0.2, 0.25) is 0 Å². The molecule has 0 aliphatic heterocycles. The highest BCUT2D eigenvalue weighted by atomic mass is 32.2. The van der Waals surface area contributed by atoms with Crippen LogP contribution in [0.1, 0.15) is 16.8 Å². The summed E-state index contributed by atoms with van der Waals surface area (Å²) in [6, 6.07) is 16.5. The SMILES string of the molecule is CS(=O)(=O)O.O=c1[nH]/c(=C/c2ccccc2)c(=O)[nH]/c1=C\c1ccc(OCc2cccnc2)cn1. The first-order valence-electron chi connectivity index (χ1n) is 10.2. The van der Waals surface area contributed by atoms with Gasteiger partial charge in [-0.2, -0.15) is 8.42 Å². The van der Waals surface area contributed by atoms with Crippen LogP contribution in [-0.2, 0) is 16.7 Å². The molecule has 0 saturated carbocycles. The first kappa shape index (κ1) is 25.3. The molecule has 0 radical (unpaired) electrons. The predicted molar refractivity (Wildman–Crippen MR) is 131 cm³/mol. The highest BCUT2D eigenvalue weighted by Gasteiger charge is 2.00. The number of ether oxygens (including phenoxy) is 1. The van der Waals surface area contributed by atoms with Crippen molar-refractivity contribution >= 4 is 22.3 Å². The van der Waals surface area contributed by atoms with E-state index < -0.39 is 15.7 Å². The van der Waals surface area contributed by atoms with Gasteiger partial charge in [0.2, 0.25) is 0 Å². The summed E-state index contributed by atoms with van der Waals surface area (Å²) in [5.41, 5.74) is 1.49. The summed E-state index contributed by atoms with van der Waals surface area (Å²) >= 11 is 0. The van der Waals surface area contributed by atoms with E-state index in [9.17, 15) is 18.0 Å². The maximum absolute atomic E-state index is 12.4. The van der Waals surface area contributed by atoms with E-state index in [4.69, 9.17) is 9.29 Å². The zero-order valence-electron chi connectivity index (χ0n) is 18.6. The molecule has 0 spiro atoms. The van der Waals surface area contributed by atoms with Gasteiger partial charge in [-0.15, -0.1) is 0 Å². The van der Waals surface area contributed by atoms with Crippen LogP contribution in [0.25, 0.3) is 12.2 Å². The van der Waals surface area contributed by atoms with Crippen LogP contribution in [0.4, 0.5) is 0 Å². The van der Waals surface area contributed by atoms with Gasteiger partial charge in [0.05, 0.1) is 18.1 Å². The lowest BCUT2D eigenvalue weighted by molar-refractivity contribution is 0.304. The Kier molecular flexibility index (Phi) is 8.43. The third-order valence-corrected chi connectivity index (χ3v) is 4.28. The number of pyridine rings is 2. The number of hydrogen-bond donors (Lipinski definition) is 3. The molecule has 4 aromatic rings. The van der Waals surface area contributed by atoms with Gasteiger partial charge in [0.25, 0.3) is 21.2 Å². The van der Waals surface area contributed by atoms with Crippen LogP contribution < -0.4 is 26.6 Å². The Bertz CT molecular complexity index is 1590. The van der Waals surface area contributed by atoms with Crippen molar-refractivity contribution in [1.82, 2.24) is 19.9 Å². The average Bonchev–Trinajstić information content (AvgIpc) is 2.82. The molecule has 3 N–H and O–H groups in total. The molecule has 11 heteroatoms. The molecule has 4 rings (SSSR count). The summed E-state index contributed by atoms with van der Waals surface area (Å²) in [6.07, 6.45) is 8.85. The lowest BCUT2D eigenvalue weighted by Crippen LogP contribution is -2.46. The van der Waals surface area contributed by atoms with Gasteiger partial charge in [-0.3, -0.25) is 24.1 Å². The lowest BCUT2D eigenvalue weighted by Gasteiger charge is -2.05. The van der Waals surface area contributed by atoms with E-state index >= 15 is 0 Å². The summed E-state index contributed by atoms with van der Waals surface area (Å²) in [6.45, 7) is 0.380. The Balaban J connectivity index is 0.000000623. The van der Waals surface area contributed by atoms with Gasteiger partial charge in [0, 0.05) is 18.0 Å². The van der Waals surface area contributed by atoms with Crippen molar-refractivity contribution < 1.29 is 17.7 Å². The highest BCUT2D eigenvalue weighted by Crippen LogP contribution is 2.11. The van der Waals surface area contributed by atoms with Crippen molar-refractivity contribution in [1.29, 1.82) is 0 Å². The molecule has 3 aromatic heterocycles. The summed E-state index contributed by atoms with van der Waals surface area (Å²) in [5.74, 6) is 0.589. The first-order valence-corrected chi connectivity index (χ1v) is 12.0. The molecule has 0 saturated heterocycles. The Morgan fingerprint density at radius 1 is 0.914 bits per heavy atom. The van der Waals surface area contributed by atoms with Gasteiger partial charge in [-0.05, 0) is 35.9 Å². The molecule has 0 aliphatic rings. The van der Waals surface area contributed by atoms with E-state index in [1.807, 2.05) is 42.5 Å². The number of hydrogen-bond acceptors (Lipinski definition) is 7. The molecule has 180 valence electrons. The van der Waals surface area contributed by atoms with Gasteiger partial charge in [0.1, 0.15) is 23.1 Å². The number of aromatic nitrogens is 4. The van der Waals surface area contributed by atoms with E-state index in [1.165, 1.54) is 6.08 Å². The normalized spacial score (nSPS) is 12.1. The molecule has 0 aliphatic carbocycles. The number of H-pyrrole nitrogens is 2. The fourth-order valence-corrected chi connectivity index (χ4v) is 2.77. The summed E-state index contributed by atoms with van der Waals surface area (Å²) in [7, 11) is -3.67. The monoisotopic (exact) mass is 494 g/mol. The Morgan fingerprint density at radius 3 is 2.14 bits per heavy atom. The first-order chi connectivity index (χ1) is 16.7. The topological polar surface area (TPSA) is 155 Å². The second kappa shape index (κ2) is 11.7. The van der Waals surface area contributed by atoms with Gasteiger partial charge >= 0.3 is 0 Å². The third-order valence-electron chi connectivity index (χ3n) is 4.28. The van der Waals surface area contributed by atoms with Gasteiger partial charge in [0.15, 0.2) is 0 Å². The van der Waals surface area contributed by atoms with Crippen LogP contribution in [0.5, 0.6) is 5.75 Å². The Hall–Kier alpha value is -4.35. The smallest absolute Gasteiger partial charge is 0.272 e. The fourth-order valence-electron chi connectivity index (χ4n) is 2.77. The van der Waals surface area contributed by atoms with Crippen LogP contribution in [0.3, 0.4) is 0 Å². The lowest BCUT2D eigenvalue weighted by atomic mass is 10.2. The standard InChI is InChI=1S/C23H18N4O3.CH4O3S/c28-22-20(11-16-5-2-1-3-6-16)26-23(29)21(27-22)12-18-8-9-19(14-25-18)30-15-17-7-4-10-24-13-17;1-5(2,3)4/h1-14H,15H2,(H,26,29)(H,27,28);1H3,(H,2,3,4)/b20-11+,21-12-;. The van der Waals surface area contributed by atoms with E-state index in [1.54, 1.807) is 36.8 Å². The van der Waals surface area contributed by atoms with Crippen LogP contribution in [0.15, 0.2) is 82.8 Å². The molecule has 1 aromatic carbocycles. The number of aromatic amines is 2. The van der Waals surface area contributed by atoms with Crippen molar-refractivity contribution in [2.75, 3.05) is 6.26 Å². The molecule has 0 atom stereocenters. The molecule has 0 fully saturated rings. The predicted octanol–water partition coefficient (Wildman–Crippen LogP) is 0.594. The molecule has 3 heterocycles. The van der Waals surface area contributed by atoms with Crippen LogP contribution in [-0.4, -0.2) is 39.2 Å². The summed E-state index contributed by atoms with van der Waals surface area (Å²) < 4.78 is 31.5. The van der Waals surface area contributed by atoms with Gasteiger partial charge in [-0.25, -0.2) is 0 Å². The molecule has 0 unspecified atom stereocenters. The quantitative estimate of drug-likeness (QED) is 0.341. The van der Waals surface area contributed by atoms with E-state index in [2.05, 4.69) is 19.9 Å². The number of rotatable bonds is 5. The second-order valence-corrected chi connectivity index (χ2v) is 8.70. The van der Waals surface area contributed by atoms with Crippen LogP contribution >= 0.6 is 0 Å². The zero-order chi connectivity index (χ0) is 25.3. The van der Waals surface area contributed by atoms with E-state index in [0.717, 1.165) is 11.1 Å². The average molecular weight is 495 g/mol. The van der Waals surface area contributed by atoms with Crippen molar-refractivity contribution in [3.63, 3.8) is 0 Å². The van der Waals surface area contributed by atoms with Crippen molar-refractivity contribution in [3.8, 4) is 5.75 Å². The summed E-state index contributed by atoms with van der Waals surface area (Å²) in [4.78, 5) is 38.3. The second-order valence-electron chi connectivity index (χ2n) is 7.24. The molecule has 10 nitrogen and oxygen atoms in total. The largest absolute Gasteiger partial charge is 0.487 e. The number of nitrogens with zero attached hydrogens (tertiary/aromatic N) is 2. The minimum atomic E-state index is -3.67. The van der Waals surface area contributed by atoms with E-state index in [-0.39, 0.29) is 16.3 Å². The van der Waals surface area contributed by atoms with Crippen LogP contribution in [0, 0.1) is 0 Å². The maximum Gasteiger partial charge on any atom is 0.272 e. The van der Waals surface area contributed by atoms with Crippen molar-refractivity contribution in [2.24, 2.45) is 0 Å². The number of benzene rings is 1. The molecule has 0 bridgehead atoms. The number of nitrogens with one attached hydrogen (secondary N) is 2. The Labute approximate surface area is 200 Å². The zero-order valence-corrected chi connectivity index (χ0v) is 19.4. The van der Waals surface area contributed by atoms with Gasteiger partial charge < -0.3 is 14.7 Å². The summed E-state index contributed by atoms with van der Waals surface area (Å²) in [5, 5.41) is 0.317. The molecular weight excluding hydrogens is 472 g/mol. The molecule has 0 amide bonds. The van der Waals surface area contributed by atoms with Crippen molar-refractivity contribution in [2.45, 2.75) is 6.61 Å². The minimum absolute atomic E-state index is 0.127. The van der Waals surface area contributed by atoms with Gasteiger partial charge in [-0.1, -0.05) is 36.4 Å². The molecular formula is C24H22N4O6S. The van der Waals surface area contributed by atoms with Crippen molar-refractivity contribution in [3.05, 3.63) is 121 Å².